The number of carbonyl (C=O) groups excluding carboxylic acids is 1. The zero-order chi connectivity index (χ0) is 22.8. The van der Waals surface area contributed by atoms with Gasteiger partial charge in [0.05, 0.1) is 23.0 Å². The molecule has 3 heterocycles. The van der Waals surface area contributed by atoms with E-state index in [0.717, 1.165) is 16.9 Å². The summed E-state index contributed by atoms with van der Waals surface area (Å²) in [5, 5.41) is 13.4. The molecule has 5 aromatic rings. The zero-order valence-corrected chi connectivity index (χ0v) is 18.6. The van der Waals surface area contributed by atoms with Crippen molar-refractivity contribution in [2.45, 2.75) is 19.8 Å². The number of fused-ring (bicyclic) bond motifs is 1. The second kappa shape index (κ2) is 8.84. The fourth-order valence-corrected chi connectivity index (χ4v) is 3.76. The standard InChI is InChI=1S/C24H20ClN7O/c1-16-13-21(29-22(33)12-7-17-5-3-2-4-6-17)32(30-16)24-20-14-28-31(23(20)26-15-27-24)19-10-8-18(25)9-11-19/h2-6,8-11,13-15H,7,12H2,1H3,(H,29,33). The lowest BCUT2D eigenvalue weighted by atomic mass is 10.1. The summed E-state index contributed by atoms with van der Waals surface area (Å²) >= 11 is 6.01. The molecule has 1 N–H and O–H groups in total. The summed E-state index contributed by atoms with van der Waals surface area (Å²) in [4.78, 5) is 21.5. The lowest BCUT2D eigenvalue weighted by Crippen LogP contribution is -2.16. The number of benzene rings is 2. The number of nitrogens with one attached hydrogen (secondary N) is 1. The Hall–Kier alpha value is -4.04. The molecule has 3 aromatic heterocycles. The normalized spacial score (nSPS) is 11.1. The molecular formula is C24H20ClN7O. The molecule has 0 spiro atoms. The molecule has 1 amide bonds. The van der Waals surface area contributed by atoms with Gasteiger partial charge in [0.2, 0.25) is 5.91 Å². The fourth-order valence-electron chi connectivity index (χ4n) is 3.63. The van der Waals surface area contributed by atoms with Gasteiger partial charge in [-0.25, -0.2) is 14.6 Å². The molecule has 164 valence electrons. The van der Waals surface area contributed by atoms with Gasteiger partial charge in [-0.2, -0.15) is 14.9 Å². The summed E-state index contributed by atoms with van der Waals surface area (Å²) in [6, 6.07) is 19.1. The molecule has 0 aliphatic heterocycles. The number of aryl methyl sites for hydroxylation is 2. The zero-order valence-electron chi connectivity index (χ0n) is 17.8. The second-order valence-corrected chi connectivity index (χ2v) is 8.02. The Kier molecular flexibility index (Phi) is 5.58. The van der Waals surface area contributed by atoms with Crippen molar-refractivity contribution in [3.63, 3.8) is 0 Å². The Morgan fingerprint density at radius 2 is 1.82 bits per heavy atom. The van der Waals surface area contributed by atoms with E-state index in [1.807, 2.05) is 55.5 Å². The van der Waals surface area contributed by atoms with Gasteiger partial charge in [0.15, 0.2) is 11.5 Å². The third-order valence-electron chi connectivity index (χ3n) is 5.20. The van der Waals surface area contributed by atoms with Crippen LogP contribution in [-0.4, -0.2) is 35.4 Å². The first-order valence-electron chi connectivity index (χ1n) is 10.4. The van der Waals surface area contributed by atoms with Gasteiger partial charge in [-0.05, 0) is 43.2 Å². The summed E-state index contributed by atoms with van der Waals surface area (Å²) < 4.78 is 3.33. The second-order valence-electron chi connectivity index (χ2n) is 7.58. The quantitative estimate of drug-likeness (QED) is 0.404. The van der Waals surface area contributed by atoms with E-state index in [1.54, 1.807) is 27.7 Å². The van der Waals surface area contributed by atoms with E-state index in [-0.39, 0.29) is 5.91 Å². The van der Waals surface area contributed by atoms with Crippen LogP contribution in [-0.2, 0) is 11.2 Å². The Labute approximate surface area is 194 Å². The Balaban J connectivity index is 1.45. The van der Waals surface area contributed by atoms with Crippen molar-refractivity contribution in [3.8, 4) is 11.5 Å². The fraction of sp³-hybridized carbons (Fsp3) is 0.125. The van der Waals surface area contributed by atoms with Gasteiger partial charge in [0.25, 0.3) is 0 Å². The summed E-state index contributed by atoms with van der Waals surface area (Å²) in [7, 11) is 0. The van der Waals surface area contributed by atoms with Crippen molar-refractivity contribution >= 4 is 34.4 Å². The molecule has 0 aliphatic rings. The lowest BCUT2D eigenvalue weighted by molar-refractivity contribution is -0.116. The summed E-state index contributed by atoms with van der Waals surface area (Å²) in [6.07, 6.45) is 4.18. The number of hydrogen-bond donors (Lipinski definition) is 1. The molecule has 2 aromatic carbocycles. The van der Waals surface area contributed by atoms with Crippen LogP contribution in [0.4, 0.5) is 5.82 Å². The van der Waals surface area contributed by atoms with Crippen molar-refractivity contribution < 1.29 is 4.79 Å². The summed E-state index contributed by atoms with van der Waals surface area (Å²) in [5.74, 6) is 0.985. The molecule has 9 heteroatoms. The highest BCUT2D eigenvalue weighted by atomic mass is 35.5. The van der Waals surface area contributed by atoms with Crippen LogP contribution in [0.1, 0.15) is 17.7 Å². The average molecular weight is 458 g/mol. The van der Waals surface area contributed by atoms with Crippen LogP contribution >= 0.6 is 11.6 Å². The van der Waals surface area contributed by atoms with E-state index in [4.69, 9.17) is 11.6 Å². The van der Waals surface area contributed by atoms with E-state index in [0.29, 0.717) is 40.5 Å². The molecule has 0 fully saturated rings. The van der Waals surface area contributed by atoms with E-state index in [1.165, 1.54) is 6.33 Å². The smallest absolute Gasteiger partial charge is 0.225 e. The van der Waals surface area contributed by atoms with Crippen LogP contribution in [0, 0.1) is 6.92 Å². The molecule has 0 atom stereocenters. The minimum Gasteiger partial charge on any atom is -0.311 e. The first kappa shape index (κ1) is 20.8. The van der Waals surface area contributed by atoms with E-state index < -0.39 is 0 Å². The third-order valence-corrected chi connectivity index (χ3v) is 5.45. The van der Waals surface area contributed by atoms with Crippen molar-refractivity contribution in [1.29, 1.82) is 0 Å². The molecule has 5 rings (SSSR count). The predicted molar refractivity (Wildman–Crippen MR) is 127 cm³/mol. The van der Waals surface area contributed by atoms with Crippen molar-refractivity contribution in [2.75, 3.05) is 5.32 Å². The monoisotopic (exact) mass is 457 g/mol. The van der Waals surface area contributed by atoms with Gasteiger partial charge in [-0.3, -0.25) is 4.79 Å². The molecular weight excluding hydrogens is 438 g/mol. The first-order chi connectivity index (χ1) is 16.1. The Bertz CT molecular complexity index is 1420. The SMILES string of the molecule is Cc1cc(NC(=O)CCc2ccccc2)n(-c2ncnc3c2cnn3-c2ccc(Cl)cc2)n1. The van der Waals surface area contributed by atoms with Crippen LogP contribution in [0.15, 0.2) is 73.2 Å². The molecule has 8 nitrogen and oxygen atoms in total. The minimum absolute atomic E-state index is 0.0952. The van der Waals surface area contributed by atoms with Crippen LogP contribution < -0.4 is 5.32 Å². The van der Waals surface area contributed by atoms with E-state index >= 15 is 0 Å². The third kappa shape index (κ3) is 4.33. The van der Waals surface area contributed by atoms with Crippen molar-refractivity contribution in [2.24, 2.45) is 0 Å². The van der Waals surface area contributed by atoms with Gasteiger partial charge in [-0.1, -0.05) is 41.9 Å². The van der Waals surface area contributed by atoms with Crippen molar-refractivity contribution in [1.82, 2.24) is 29.5 Å². The van der Waals surface area contributed by atoms with Crippen LogP contribution in [0.25, 0.3) is 22.5 Å². The lowest BCUT2D eigenvalue weighted by Gasteiger charge is -2.09. The predicted octanol–water partition coefficient (Wildman–Crippen LogP) is 4.53. The number of nitrogens with zero attached hydrogens (tertiary/aromatic N) is 6. The molecule has 0 saturated carbocycles. The largest absolute Gasteiger partial charge is 0.311 e. The highest BCUT2D eigenvalue weighted by molar-refractivity contribution is 6.30. The van der Waals surface area contributed by atoms with Crippen LogP contribution in [0.3, 0.4) is 0 Å². The number of rotatable bonds is 6. The van der Waals surface area contributed by atoms with Gasteiger partial charge < -0.3 is 5.32 Å². The average Bonchev–Trinajstić information content (AvgIpc) is 3.42. The summed E-state index contributed by atoms with van der Waals surface area (Å²) in [5.41, 5.74) is 3.32. The molecule has 33 heavy (non-hydrogen) atoms. The van der Waals surface area contributed by atoms with Gasteiger partial charge >= 0.3 is 0 Å². The molecule has 0 radical (unpaired) electrons. The Morgan fingerprint density at radius 3 is 2.61 bits per heavy atom. The maximum atomic E-state index is 12.6. The van der Waals surface area contributed by atoms with E-state index in [2.05, 4.69) is 25.5 Å². The number of hydrogen-bond acceptors (Lipinski definition) is 5. The maximum absolute atomic E-state index is 12.6. The number of carbonyl (C=O) groups is 1. The highest BCUT2D eigenvalue weighted by Gasteiger charge is 2.17. The molecule has 0 saturated heterocycles. The van der Waals surface area contributed by atoms with Gasteiger partial charge in [-0.15, -0.1) is 0 Å². The minimum atomic E-state index is -0.0952. The number of anilines is 1. The number of amides is 1. The molecule has 0 aliphatic carbocycles. The van der Waals surface area contributed by atoms with Crippen LogP contribution in [0.2, 0.25) is 5.02 Å². The maximum Gasteiger partial charge on any atom is 0.225 e. The Morgan fingerprint density at radius 1 is 1.03 bits per heavy atom. The number of aromatic nitrogens is 6. The summed E-state index contributed by atoms with van der Waals surface area (Å²) in [6.45, 7) is 1.87. The van der Waals surface area contributed by atoms with Crippen LogP contribution in [0.5, 0.6) is 0 Å². The molecule has 0 unspecified atom stereocenters. The van der Waals surface area contributed by atoms with Crippen molar-refractivity contribution in [3.05, 3.63) is 89.5 Å². The molecule has 0 bridgehead atoms. The number of halogens is 1. The first-order valence-corrected chi connectivity index (χ1v) is 10.8. The highest BCUT2D eigenvalue weighted by Crippen LogP contribution is 2.24. The van der Waals surface area contributed by atoms with E-state index in [9.17, 15) is 4.79 Å². The van der Waals surface area contributed by atoms with Gasteiger partial charge in [0.1, 0.15) is 12.1 Å². The topological polar surface area (TPSA) is 90.5 Å². The van der Waals surface area contributed by atoms with Gasteiger partial charge in [0, 0.05) is 17.5 Å².